The molecule has 1 aliphatic rings. The molecule has 0 spiro atoms. The lowest BCUT2D eigenvalue weighted by molar-refractivity contribution is -0.117. The Labute approximate surface area is 191 Å². The minimum absolute atomic E-state index is 0.0182. The average molecular weight is 558 g/mol. The molecule has 3 rings (SSSR count). The molecule has 0 atom stereocenters. The van der Waals surface area contributed by atoms with Crippen LogP contribution in [0, 0.1) is 3.57 Å². The highest BCUT2D eigenvalue weighted by Gasteiger charge is 2.24. The van der Waals surface area contributed by atoms with Crippen molar-refractivity contribution in [2.24, 2.45) is 4.99 Å². The highest BCUT2D eigenvalue weighted by molar-refractivity contribution is 14.1. The van der Waals surface area contributed by atoms with E-state index in [-0.39, 0.29) is 27.5 Å². The third-order valence-electron chi connectivity index (χ3n) is 3.68. The lowest BCUT2D eigenvalue weighted by Gasteiger charge is -2.13. The fourth-order valence-corrected chi connectivity index (χ4v) is 5.14. The maximum atomic E-state index is 12.6. The minimum Gasteiger partial charge on any atom is -0.493 e. The summed E-state index contributed by atoms with van der Waals surface area (Å²) in [6, 6.07) is 11.0. The van der Waals surface area contributed by atoms with E-state index >= 15 is 0 Å². The van der Waals surface area contributed by atoms with Crippen LogP contribution < -0.4 is 14.2 Å². The number of aliphatic imine (C=N–C) groups is 1. The molecule has 11 heteroatoms. The van der Waals surface area contributed by atoms with Gasteiger partial charge >= 0.3 is 10.1 Å². The molecule has 0 unspecified atom stereocenters. The Hall–Kier alpha value is -2.38. The third kappa shape index (κ3) is 5.21. The molecule has 156 valence electrons. The Morgan fingerprint density at radius 3 is 2.57 bits per heavy atom. The molecule has 2 aromatic carbocycles. The van der Waals surface area contributed by atoms with E-state index in [0.29, 0.717) is 14.0 Å². The van der Waals surface area contributed by atoms with Crippen molar-refractivity contribution in [2.75, 3.05) is 7.11 Å². The van der Waals surface area contributed by atoms with E-state index in [0.717, 1.165) is 11.8 Å². The number of thioether (sulfide) groups is 1. The number of hydrogen-bond donors (Lipinski definition) is 1. The van der Waals surface area contributed by atoms with Crippen molar-refractivity contribution in [2.45, 2.75) is 11.8 Å². The first-order valence-corrected chi connectivity index (χ1v) is 11.7. The fraction of sp³-hybridized carbons (Fsp3) is 0.105. The van der Waals surface area contributed by atoms with Crippen molar-refractivity contribution in [3.63, 3.8) is 0 Å². The summed E-state index contributed by atoms with van der Waals surface area (Å²) in [6.07, 6.45) is 1.57. The first kappa shape index (κ1) is 22.3. The van der Waals surface area contributed by atoms with Crippen LogP contribution in [0.15, 0.2) is 57.3 Å². The third-order valence-corrected chi connectivity index (χ3v) is 6.61. The maximum Gasteiger partial charge on any atom is 0.339 e. The van der Waals surface area contributed by atoms with Crippen LogP contribution >= 0.6 is 34.4 Å². The second kappa shape index (κ2) is 9.18. The van der Waals surface area contributed by atoms with Gasteiger partial charge in [0.2, 0.25) is 5.91 Å². The van der Waals surface area contributed by atoms with Gasteiger partial charge in [0.25, 0.3) is 5.91 Å². The summed E-state index contributed by atoms with van der Waals surface area (Å²) in [5.41, 5.74) is 0.579. The van der Waals surface area contributed by atoms with Crippen LogP contribution in [0.2, 0.25) is 0 Å². The monoisotopic (exact) mass is 558 g/mol. The zero-order valence-electron chi connectivity index (χ0n) is 15.7. The van der Waals surface area contributed by atoms with Crippen LogP contribution in [0.5, 0.6) is 11.5 Å². The predicted octanol–water partition coefficient (Wildman–Crippen LogP) is 3.17. The Kier molecular flexibility index (Phi) is 6.83. The molecule has 30 heavy (non-hydrogen) atoms. The number of benzene rings is 2. The molecule has 2 amide bonds. The number of amides is 2. The van der Waals surface area contributed by atoms with Gasteiger partial charge in [0, 0.05) is 6.92 Å². The van der Waals surface area contributed by atoms with Crippen LogP contribution in [0.1, 0.15) is 12.5 Å². The van der Waals surface area contributed by atoms with Crippen molar-refractivity contribution in [3.8, 4) is 11.5 Å². The van der Waals surface area contributed by atoms with Crippen LogP contribution in [-0.4, -0.2) is 32.5 Å². The molecule has 0 bridgehead atoms. The number of rotatable bonds is 5. The van der Waals surface area contributed by atoms with Gasteiger partial charge in [0.15, 0.2) is 16.7 Å². The molecule has 1 N–H and O–H groups in total. The molecule has 2 aromatic rings. The summed E-state index contributed by atoms with van der Waals surface area (Å²) in [6.45, 7) is 1.32. The van der Waals surface area contributed by atoms with Gasteiger partial charge in [-0.25, -0.2) is 0 Å². The van der Waals surface area contributed by atoms with E-state index < -0.39 is 16.0 Å². The Morgan fingerprint density at radius 1 is 1.23 bits per heavy atom. The number of ether oxygens (including phenoxy) is 1. The lowest BCUT2D eigenvalue weighted by atomic mass is 10.2. The van der Waals surface area contributed by atoms with Crippen molar-refractivity contribution in [1.29, 1.82) is 0 Å². The van der Waals surface area contributed by atoms with Gasteiger partial charge in [-0.05, 0) is 70.3 Å². The summed E-state index contributed by atoms with van der Waals surface area (Å²) in [5.74, 6) is -0.575. The first-order chi connectivity index (χ1) is 14.2. The number of nitrogens with one attached hydrogen (secondary N) is 1. The van der Waals surface area contributed by atoms with Crippen molar-refractivity contribution in [1.82, 2.24) is 5.32 Å². The van der Waals surface area contributed by atoms with Crippen LogP contribution in [0.4, 0.5) is 0 Å². The predicted molar refractivity (Wildman–Crippen MR) is 122 cm³/mol. The van der Waals surface area contributed by atoms with E-state index in [9.17, 15) is 18.0 Å². The summed E-state index contributed by atoms with van der Waals surface area (Å²) in [4.78, 5) is 27.3. The quantitative estimate of drug-likeness (QED) is 0.341. The Balaban J connectivity index is 1.90. The number of nitrogens with zero attached hydrogens (tertiary/aromatic N) is 1. The number of amidine groups is 1. The summed E-state index contributed by atoms with van der Waals surface area (Å²) in [5, 5.41) is 2.67. The van der Waals surface area contributed by atoms with Gasteiger partial charge in [-0.15, -0.1) is 0 Å². The van der Waals surface area contributed by atoms with E-state index in [1.165, 1.54) is 26.2 Å². The van der Waals surface area contributed by atoms with Gasteiger partial charge in [-0.1, -0.05) is 18.2 Å². The normalized spacial score (nSPS) is 15.1. The number of halogens is 1. The minimum atomic E-state index is -4.05. The number of carbonyl (C=O) groups is 2. The topological polar surface area (TPSA) is 111 Å². The summed E-state index contributed by atoms with van der Waals surface area (Å²) >= 11 is 2.96. The molecule has 0 fully saturated rings. The van der Waals surface area contributed by atoms with Gasteiger partial charge in [-0.2, -0.15) is 13.4 Å². The number of methoxy groups -OCH3 is 1. The van der Waals surface area contributed by atoms with E-state index in [1.54, 1.807) is 36.4 Å². The van der Waals surface area contributed by atoms with Gasteiger partial charge in [0.05, 0.1) is 15.6 Å². The Bertz CT molecular complexity index is 1180. The lowest BCUT2D eigenvalue weighted by Crippen LogP contribution is -2.23. The molecular weight excluding hydrogens is 543 g/mol. The van der Waals surface area contributed by atoms with E-state index in [4.69, 9.17) is 8.92 Å². The molecule has 1 heterocycles. The molecular formula is C19H15IN2O6S2. The van der Waals surface area contributed by atoms with E-state index in [1.807, 2.05) is 22.6 Å². The highest BCUT2D eigenvalue weighted by atomic mass is 127. The number of hydrogen-bond acceptors (Lipinski definition) is 7. The average Bonchev–Trinajstić information content (AvgIpc) is 3.02. The fourth-order valence-electron chi connectivity index (χ4n) is 2.41. The number of carbonyl (C=O) groups excluding carboxylic acids is 2. The molecule has 8 nitrogen and oxygen atoms in total. The SMILES string of the molecule is COc1cc(/C=C2/SC(NC(C)=O)=NC2=O)cc(I)c1OS(=O)(=O)c1ccccc1. The van der Waals surface area contributed by atoms with Gasteiger partial charge in [0.1, 0.15) is 4.90 Å². The van der Waals surface area contributed by atoms with Gasteiger partial charge in [-0.3, -0.25) is 9.59 Å². The van der Waals surface area contributed by atoms with Crippen molar-refractivity contribution in [3.05, 3.63) is 56.5 Å². The standard InChI is InChI=1S/C19H15IN2O6S2/c1-11(23)21-19-22-18(24)16(29-19)10-12-8-14(20)17(15(9-12)27-2)28-30(25,26)13-6-4-3-5-7-13/h3-10H,1-2H3,(H,21,22,23,24)/b16-10+. The zero-order valence-corrected chi connectivity index (χ0v) is 19.5. The largest absolute Gasteiger partial charge is 0.493 e. The second-order valence-corrected chi connectivity index (χ2v) is 9.64. The van der Waals surface area contributed by atoms with Gasteiger partial charge < -0.3 is 14.2 Å². The smallest absolute Gasteiger partial charge is 0.339 e. The van der Waals surface area contributed by atoms with Crippen molar-refractivity contribution < 1.29 is 26.9 Å². The highest BCUT2D eigenvalue weighted by Crippen LogP contribution is 2.37. The first-order valence-electron chi connectivity index (χ1n) is 8.37. The Morgan fingerprint density at radius 2 is 1.93 bits per heavy atom. The molecule has 0 aromatic heterocycles. The molecule has 0 aliphatic carbocycles. The molecule has 1 aliphatic heterocycles. The molecule has 0 saturated heterocycles. The maximum absolute atomic E-state index is 12.6. The second-order valence-electron chi connectivity index (χ2n) is 5.90. The summed E-state index contributed by atoms with van der Waals surface area (Å²) < 4.78 is 36.2. The molecule has 0 radical (unpaired) electrons. The van der Waals surface area contributed by atoms with Crippen LogP contribution in [0.3, 0.4) is 0 Å². The zero-order chi connectivity index (χ0) is 21.9. The molecule has 0 saturated carbocycles. The van der Waals surface area contributed by atoms with E-state index in [2.05, 4.69) is 10.3 Å². The van der Waals surface area contributed by atoms with Crippen LogP contribution in [0.25, 0.3) is 6.08 Å². The van der Waals surface area contributed by atoms with Crippen LogP contribution in [-0.2, 0) is 19.7 Å². The van der Waals surface area contributed by atoms with Crippen molar-refractivity contribution >= 4 is 67.5 Å². The summed E-state index contributed by atoms with van der Waals surface area (Å²) in [7, 11) is -2.66.